The highest BCUT2D eigenvalue weighted by atomic mass is 32.2. The van der Waals surface area contributed by atoms with E-state index in [9.17, 15) is 8.42 Å². The van der Waals surface area contributed by atoms with Crippen molar-refractivity contribution in [2.75, 3.05) is 19.6 Å². The Labute approximate surface area is 121 Å². The second-order valence-corrected chi connectivity index (χ2v) is 7.70. The van der Waals surface area contributed by atoms with Crippen molar-refractivity contribution in [2.24, 2.45) is 5.92 Å². The molecule has 0 aliphatic carbocycles. The molecule has 1 aromatic rings. The van der Waals surface area contributed by atoms with Crippen molar-refractivity contribution < 1.29 is 8.42 Å². The van der Waals surface area contributed by atoms with Crippen LogP contribution < -0.4 is 5.32 Å². The minimum atomic E-state index is -3.41. The van der Waals surface area contributed by atoms with Crippen molar-refractivity contribution >= 4 is 10.0 Å². The van der Waals surface area contributed by atoms with Crippen LogP contribution in [0.1, 0.15) is 32.4 Å². The summed E-state index contributed by atoms with van der Waals surface area (Å²) in [6.45, 7) is 8.01. The maximum Gasteiger partial charge on any atom is 0.246 e. The van der Waals surface area contributed by atoms with Gasteiger partial charge in [-0.05, 0) is 32.2 Å². The molecule has 0 bridgehead atoms. The van der Waals surface area contributed by atoms with Gasteiger partial charge in [-0.25, -0.2) is 8.42 Å². The summed E-state index contributed by atoms with van der Waals surface area (Å²) in [5.41, 5.74) is 0.604. The van der Waals surface area contributed by atoms with E-state index in [0.29, 0.717) is 35.6 Å². The molecular formula is C13H24N4O2S. The smallest absolute Gasteiger partial charge is 0.246 e. The van der Waals surface area contributed by atoms with Crippen LogP contribution in [0.5, 0.6) is 0 Å². The molecule has 1 atom stereocenters. The van der Waals surface area contributed by atoms with E-state index in [-0.39, 0.29) is 0 Å². The third kappa shape index (κ3) is 3.39. The Bertz CT molecular complexity index is 538. The van der Waals surface area contributed by atoms with Gasteiger partial charge >= 0.3 is 0 Å². The molecule has 1 aliphatic heterocycles. The summed E-state index contributed by atoms with van der Waals surface area (Å²) in [5, 5.41) is 9.91. The van der Waals surface area contributed by atoms with Gasteiger partial charge in [0.1, 0.15) is 4.90 Å². The van der Waals surface area contributed by atoms with Gasteiger partial charge in [0.05, 0.1) is 11.9 Å². The molecule has 2 heterocycles. The number of hydrogen-bond donors (Lipinski definition) is 2. The molecule has 20 heavy (non-hydrogen) atoms. The predicted molar refractivity (Wildman–Crippen MR) is 77.9 cm³/mol. The van der Waals surface area contributed by atoms with E-state index in [1.54, 1.807) is 11.2 Å². The highest BCUT2D eigenvalue weighted by molar-refractivity contribution is 7.89. The lowest BCUT2D eigenvalue weighted by Gasteiger charge is -2.32. The van der Waals surface area contributed by atoms with Gasteiger partial charge in [-0.1, -0.05) is 13.8 Å². The van der Waals surface area contributed by atoms with E-state index in [2.05, 4.69) is 29.4 Å². The van der Waals surface area contributed by atoms with Crippen LogP contribution in [0.15, 0.2) is 11.1 Å². The maximum atomic E-state index is 12.6. The quantitative estimate of drug-likeness (QED) is 0.854. The average molecular weight is 300 g/mol. The third-order valence-electron chi connectivity index (χ3n) is 3.70. The van der Waals surface area contributed by atoms with Crippen LogP contribution in [0.25, 0.3) is 0 Å². The summed E-state index contributed by atoms with van der Waals surface area (Å²) in [7, 11) is -3.41. The summed E-state index contributed by atoms with van der Waals surface area (Å²) in [6, 6.07) is 0.429. The lowest BCUT2D eigenvalue weighted by atomic mass is 9.99. The molecule has 1 unspecified atom stereocenters. The van der Waals surface area contributed by atoms with Gasteiger partial charge in [0.25, 0.3) is 0 Å². The number of aromatic amines is 1. The summed E-state index contributed by atoms with van der Waals surface area (Å²) in [5.74, 6) is 0.383. The van der Waals surface area contributed by atoms with E-state index in [1.165, 1.54) is 6.20 Å². The zero-order chi connectivity index (χ0) is 14.8. The Morgan fingerprint density at radius 3 is 2.90 bits per heavy atom. The summed E-state index contributed by atoms with van der Waals surface area (Å²) < 4.78 is 26.8. The van der Waals surface area contributed by atoms with Crippen LogP contribution in [-0.2, 0) is 10.0 Å². The molecule has 2 rings (SSSR count). The molecule has 1 aromatic heterocycles. The molecule has 6 nitrogen and oxygen atoms in total. The Balaban J connectivity index is 2.07. The van der Waals surface area contributed by atoms with E-state index < -0.39 is 10.0 Å². The van der Waals surface area contributed by atoms with Gasteiger partial charge in [-0.15, -0.1) is 0 Å². The minimum absolute atomic E-state index is 0.301. The number of H-pyrrole nitrogens is 1. The zero-order valence-electron chi connectivity index (χ0n) is 12.4. The molecule has 0 saturated carbocycles. The fourth-order valence-corrected chi connectivity index (χ4v) is 4.23. The maximum absolute atomic E-state index is 12.6. The zero-order valence-corrected chi connectivity index (χ0v) is 13.2. The van der Waals surface area contributed by atoms with Gasteiger partial charge in [0.15, 0.2) is 0 Å². The summed E-state index contributed by atoms with van der Waals surface area (Å²) in [4.78, 5) is 0.301. The summed E-state index contributed by atoms with van der Waals surface area (Å²) >= 11 is 0. The molecule has 7 heteroatoms. The standard InChI is InChI=1S/C13H24N4O2S/c1-10(2)14-7-12-5-4-6-17(9-12)20(18,19)13-8-15-16-11(13)3/h8,10,12,14H,4-7,9H2,1-3H3,(H,15,16). The Morgan fingerprint density at radius 2 is 2.30 bits per heavy atom. The molecule has 1 saturated heterocycles. The first kappa shape index (κ1) is 15.5. The lowest BCUT2D eigenvalue weighted by Crippen LogP contribution is -2.43. The first-order chi connectivity index (χ1) is 9.41. The van der Waals surface area contributed by atoms with Gasteiger partial charge in [0.2, 0.25) is 10.0 Å². The van der Waals surface area contributed by atoms with Crippen LogP contribution in [0, 0.1) is 12.8 Å². The Hall–Kier alpha value is -0.920. The molecular weight excluding hydrogens is 276 g/mol. The van der Waals surface area contributed by atoms with Crippen molar-refractivity contribution in [2.45, 2.75) is 44.6 Å². The third-order valence-corrected chi connectivity index (χ3v) is 5.68. The van der Waals surface area contributed by atoms with E-state index in [0.717, 1.165) is 19.4 Å². The second kappa shape index (κ2) is 6.24. The number of rotatable bonds is 5. The van der Waals surface area contributed by atoms with Crippen molar-refractivity contribution in [3.05, 3.63) is 11.9 Å². The van der Waals surface area contributed by atoms with Crippen molar-refractivity contribution in [1.82, 2.24) is 19.8 Å². The number of sulfonamides is 1. The first-order valence-electron chi connectivity index (χ1n) is 7.14. The topological polar surface area (TPSA) is 78.1 Å². The first-order valence-corrected chi connectivity index (χ1v) is 8.58. The van der Waals surface area contributed by atoms with Gasteiger partial charge < -0.3 is 5.32 Å². The highest BCUT2D eigenvalue weighted by Crippen LogP contribution is 2.24. The van der Waals surface area contributed by atoms with Crippen LogP contribution in [0.4, 0.5) is 0 Å². The van der Waals surface area contributed by atoms with Crippen molar-refractivity contribution in [3.8, 4) is 0 Å². The number of nitrogens with zero attached hydrogens (tertiary/aromatic N) is 2. The molecule has 114 valence electrons. The van der Waals surface area contributed by atoms with E-state index in [1.807, 2.05) is 0 Å². The number of aryl methyl sites for hydroxylation is 1. The Kier molecular flexibility index (Phi) is 4.82. The lowest BCUT2D eigenvalue weighted by molar-refractivity contribution is 0.256. The van der Waals surface area contributed by atoms with Gasteiger partial charge in [-0.2, -0.15) is 9.40 Å². The van der Waals surface area contributed by atoms with Crippen molar-refractivity contribution in [1.29, 1.82) is 0 Å². The SMILES string of the molecule is Cc1[nH]ncc1S(=O)(=O)N1CCCC(CNC(C)C)C1. The number of piperidine rings is 1. The predicted octanol–water partition coefficient (Wildman–Crippen LogP) is 1.12. The minimum Gasteiger partial charge on any atom is -0.314 e. The van der Waals surface area contributed by atoms with E-state index in [4.69, 9.17) is 0 Å². The number of hydrogen-bond acceptors (Lipinski definition) is 4. The van der Waals surface area contributed by atoms with Gasteiger partial charge in [0, 0.05) is 19.1 Å². The van der Waals surface area contributed by atoms with Crippen LogP contribution in [0.2, 0.25) is 0 Å². The number of aromatic nitrogens is 2. The second-order valence-electron chi connectivity index (χ2n) is 5.79. The van der Waals surface area contributed by atoms with E-state index >= 15 is 0 Å². The van der Waals surface area contributed by atoms with Crippen LogP contribution >= 0.6 is 0 Å². The molecule has 0 spiro atoms. The molecule has 2 N–H and O–H groups in total. The average Bonchev–Trinajstić information content (AvgIpc) is 2.84. The Morgan fingerprint density at radius 1 is 1.55 bits per heavy atom. The summed E-state index contributed by atoms with van der Waals surface area (Å²) in [6.07, 6.45) is 3.40. The normalized spacial score (nSPS) is 21.5. The fourth-order valence-electron chi connectivity index (χ4n) is 2.55. The molecule has 0 radical (unpaired) electrons. The van der Waals surface area contributed by atoms with Crippen molar-refractivity contribution in [3.63, 3.8) is 0 Å². The molecule has 1 aliphatic rings. The molecule has 0 amide bonds. The fraction of sp³-hybridized carbons (Fsp3) is 0.769. The molecule has 1 fully saturated rings. The monoisotopic (exact) mass is 300 g/mol. The van der Waals surface area contributed by atoms with Crippen LogP contribution in [0.3, 0.4) is 0 Å². The van der Waals surface area contributed by atoms with Gasteiger partial charge in [-0.3, -0.25) is 5.10 Å². The largest absolute Gasteiger partial charge is 0.314 e. The highest BCUT2D eigenvalue weighted by Gasteiger charge is 2.31. The van der Waals surface area contributed by atoms with Crippen LogP contribution in [-0.4, -0.2) is 48.6 Å². The molecule has 0 aromatic carbocycles. The number of nitrogens with one attached hydrogen (secondary N) is 2.